The number of hydrogen-bond acceptors (Lipinski definition) is 3. The van der Waals surface area contributed by atoms with E-state index in [-0.39, 0.29) is 12.2 Å². The highest BCUT2D eigenvalue weighted by Crippen LogP contribution is 2.21. The van der Waals surface area contributed by atoms with Crippen molar-refractivity contribution in [2.75, 3.05) is 19.0 Å². The van der Waals surface area contributed by atoms with Gasteiger partial charge < -0.3 is 20.5 Å². The molecule has 0 unspecified atom stereocenters. The van der Waals surface area contributed by atoms with E-state index >= 15 is 0 Å². The van der Waals surface area contributed by atoms with Gasteiger partial charge >= 0.3 is 6.03 Å². The summed E-state index contributed by atoms with van der Waals surface area (Å²) in [6.45, 7) is 3.78. The fraction of sp³-hybridized carbons (Fsp3) is 0.500. The number of benzene rings is 1. The molecule has 0 heterocycles. The van der Waals surface area contributed by atoms with Crippen LogP contribution in [0.25, 0.3) is 0 Å². The van der Waals surface area contributed by atoms with E-state index < -0.39 is 17.4 Å². The smallest absolute Gasteiger partial charge is 0.319 e. The van der Waals surface area contributed by atoms with Gasteiger partial charge in [0.1, 0.15) is 11.6 Å². The first kappa shape index (κ1) is 16.2. The number of hydrogen-bond donors (Lipinski definition) is 3. The van der Waals surface area contributed by atoms with Crippen molar-refractivity contribution in [3.63, 3.8) is 0 Å². The van der Waals surface area contributed by atoms with Gasteiger partial charge in [0.15, 0.2) is 0 Å². The van der Waals surface area contributed by atoms with E-state index in [0.717, 1.165) is 0 Å². The van der Waals surface area contributed by atoms with Gasteiger partial charge in [0.05, 0.1) is 18.4 Å². The van der Waals surface area contributed by atoms with Crippen LogP contribution in [0.1, 0.15) is 26.7 Å². The number of nitrogens with one attached hydrogen (secondary N) is 2. The monoisotopic (exact) mass is 284 g/mol. The fourth-order valence-corrected chi connectivity index (χ4v) is 1.64. The number of carbonyl (C=O) groups excluding carboxylic acids is 1. The summed E-state index contributed by atoms with van der Waals surface area (Å²) in [7, 11) is 1.46. The third kappa shape index (κ3) is 4.38. The summed E-state index contributed by atoms with van der Waals surface area (Å²) < 4.78 is 18.5. The molecule has 6 heteroatoms. The predicted molar refractivity (Wildman–Crippen MR) is 75.5 cm³/mol. The van der Waals surface area contributed by atoms with Crippen LogP contribution in [-0.2, 0) is 0 Å². The Morgan fingerprint density at radius 3 is 2.60 bits per heavy atom. The van der Waals surface area contributed by atoms with Gasteiger partial charge in [-0.05, 0) is 25.0 Å². The number of rotatable bonds is 6. The Morgan fingerprint density at radius 2 is 2.05 bits per heavy atom. The average molecular weight is 284 g/mol. The molecule has 0 bridgehead atoms. The highest BCUT2D eigenvalue weighted by molar-refractivity contribution is 5.89. The maximum absolute atomic E-state index is 13.5. The molecule has 1 aromatic carbocycles. The van der Waals surface area contributed by atoms with Gasteiger partial charge in [-0.15, -0.1) is 0 Å². The standard InChI is InChI=1S/C14H21FN2O3/c1-4-14(19,5-2)9-16-13(18)17-12-8-10(20-3)6-7-11(12)15/h6-8,19H,4-5,9H2,1-3H3,(H2,16,17,18). The Labute approximate surface area is 118 Å². The second kappa shape index (κ2) is 7.09. The molecule has 5 nitrogen and oxygen atoms in total. The van der Waals surface area contributed by atoms with E-state index in [1.807, 2.05) is 13.8 Å². The van der Waals surface area contributed by atoms with Crippen LogP contribution in [0.5, 0.6) is 5.75 Å². The summed E-state index contributed by atoms with van der Waals surface area (Å²) >= 11 is 0. The van der Waals surface area contributed by atoms with Crippen molar-refractivity contribution in [3.8, 4) is 5.75 Å². The topological polar surface area (TPSA) is 70.6 Å². The molecule has 0 aliphatic carbocycles. The summed E-state index contributed by atoms with van der Waals surface area (Å²) in [4.78, 5) is 11.7. The summed E-state index contributed by atoms with van der Waals surface area (Å²) in [5.41, 5.74) is -0.914. The third-order valence-electron chi connectivity index (χ3n) is 3.32. The largest absolute Gasteiger partial charge is 0.497 e. The molecule has 0 saturated heterocycles. The molecule has 3 N–H and O–H groups in total. The van der Waals surface area contributed by atoms with Crippen LogP contribution in [-0.4, -0.2) is 30.4 Å². The predicted octanol–water partition coefficient (Wildman–Crippen LogP) is 2.51. The van der Waals surface area contributed by atoms with Crippen LogP contribution in [0.2, 0.25) is 0 Å². The van der Waals surface area contributed by atoms with Gasteiger partial charge in [-0.1, -0.05) is 13.8 Å². The SMILES string of the molecule is CCC(O)(CC)CNC(=O)Nc1cc(OC)ccc1F. The fourth-order valence-electron chi connectivity index (χ4n) is 1.64. The van der Waals surface area contributed by atoms with E-state index in [4.69, 9.17) is 4.74 Å². The normalized spacial score (nSPS) is 11.1. The number of ether oxygens (including phenoxy) is 1. The zero-order valence-electron chi connectivity index (χ0n) is 12.0. The molecule has 0 spiro atoms. The Bertz CT molecular complexity index is 462. The molecule has 112 valence electrons. The molecule has 0 fully saturated rings. The first-order valence-corrected chi connectivity index (χ1v) is 6.55. The lowest BCUT2D eigenvalue weighted by Crippen LogP contribution is -2.43. The van der Waals surface area contributed by atoms with Crippen molar-refractivity contribution < 1.29 is 19.0 Å². The molecule has 0 saturated carbocycles. The molecule has 0 atom stereocenters. The maximum atomic E-state index is 13.5. The molecule has 1 rings (SSSR count). The first-order chi connectivity index (χ1) is 9.44. The number of methoxy groups -OCH3 is 1. The average Bonchev–Trinajstić information content (AvgIpc) is 2.47. The van der Waals surface area contributed by atoms with Crippen LogP contribution in [0, 0.1) is 5.82 Å². The number of urea groups is 1. The molecule has 20 heavy (non-hydrogen) atoms. The van der Waals surface area contributed by atoms with Crippen molar-refractivity contribution in [1.29, 1.82) is 0 Å². The number of anilines is 1. The van der Waals surface area contributed by atoms with Crippen LogP contribution in [0.4, 0.5) is 14.9 Å². The van der Waals surface area contributed by atoms with Crippen LogP contribution < -0.4 is 15.4 Å². The van der Waals surface area contributed by atoms with Crippen molar-refractivity contribution >= 4 is 11.7 Å². The zero-order chi connectivity index (χ0) is 15.2. The van der Waals surface area contributed by atoms with E-state index in [9.17, 15) is 14.3 Å². The van der Waals surface area contributed by atoms with E-state index in [0.29, 0.717) is 18.6 Å². The third-order valence-corrected chi connectivity index (χ3v) is 3.32. The molecule has 0 aromatic heterocycles. The molecular weight excluding hydrogens is 263 g/mol. The van der Waals surface area contributed by atoms with Gasteiger partial charge in [-0.25, -0.2) is 9.18 Å². The van der Waals surface area contributed by atoms with Crippen molar-refractivity contribution in [1.82, 2.24) is 5.32 Å². The minimum Gasteiger partial charge on any atom is -0.497 e. The molecule has 2 amide bonds. The van der Waals surface area contributed by atoms with Crippen LogP contribution in [0.15, 0.2) is 18.2 Å². The Morgan fingerprint density at radius 1 is 1.40 bits per heavy atom. The zero-order valence-corrected chi connectivity index (χ0v) is 12.0. The van der Waals surface area contributed by atoms with Crippen molar-refractivity contribution in [3.05, 3.63) is 24.0 Å². The number of aliphatic hydroxyl groups is 1. The van der Waals surface area contributed by atoms with Gasteiger partial charge in [-0.2, -0.15) is 0 Å². The highest BCUT2D eigenvalue weighted by atomic mass is 19.1. The second-order valence-corrected chi connectivity index (χ2v) is 4.58. The molecular formula is C14H21FN2O3. The van der Waals surface area contributed by atoms with Gasteiger partial charge in [0.25, 0.3) is 0 Å². The lowest BCUT2D eigenvalue weighted by Gasteiger charge is -2.25. The van der Waals surface area contributed by atoms with E-state index in [1.165, 1.54) is 25.3 Å². The van der Waals surface area contributed by atoms with Gasteiger partial charge in [0.2, 0.25) is 0 Å². The minimum atomic E-state index is -0.940. The van der Waals surface area contributed by atoms with E-state index in [1.54, 1.807) is 0 Å². The molecule has 0 radical (unpaired) electrons. The first-order valence-electron chi connectivity index (χ1n) is 6.55. The Hall–Kier alpha value is -1.82. The Balaban J connectivity index is 2.63. The lowest BCUT2D eigenvalue weighted by molar-refractivity contribution is 0.0354. The van der Waals surface area contributed by atoms with Gasteiger partial charge in [0, 0.05) is 12.6 Å². The molecule has 1 aromatic rings. The maximum Gasteiger partial charge on any atom is 0.319 e. The van der Waals surface area contributed by atoms with Crippen LogP contribution >= 0.6 is 0 Å². The Kier molecular flexibility index (Phi) is 5.76. The summed E-state index contributed by atoms with van der Waals surface area (Å²) in [6.07, 6.45) is 1.05. The highest BCUT2D eigenvalue weighted by Gasteiger charge is 2.22. The van der Waals surface area contributed by atoms with Crippen LogP contribution in [0.3, 0.4) is 0 Å². The number of halogens is 1. The summed E-state index contributed by atoms with van der Waals surface area (Å²) in [5.74, 6) is -0.109. The lowest BCUT2D eigenvalue weighted by atomic mass is 9.98. The second-order valence-electron chi connectivity index (χ2n) is 4.58. The van der Waals surface area contributed by atoms with Gasteiger partial charge in [-0.3, -0.25) is 0 Å². The molecule has 0 aliphatic heterocycles. The summed E-state index contributed by atoms with van der Waals surface area (Å²) in [6, 6.07) is 3.49. The minimum absolute atomic E-state index is 0.0263. The number of amides is 2. The quantitative estimate of drug-likeness (QED) is 0.751. The van der Waals surface area contributed by atoms with Crippen molar-refractivity contribution in [2.24, 2.45) is 0 Å². The van der Waals surface area contributed by atoms with E-state index in [2.05, 4.69) is 10.6 Å². The number of carbonyl (C=O) groups is 1. The molecule has 0 aliphatic rings. The van der Waals surface area contributed by atoms with Crippen molar-refractivity contribution in [2.45, 2.75) is 32.3 Å². The summed E-state index contributed by atoms with van der Waals surface area (Å²) in [5, 5.41) is 15.0.